The first-order valence-electron chi connectivity index (χ1n) is 17.2. The second-order valence-electron chi connectivity index (χ2n) is 12.1. The van der Waals surface area contributed by atoms with E-state index in [4.69, 9.17) is 9.47 Å². The third-order valence-electron chi connectivity index (χ3n) is 8.31. The van der Waals surface area contributed by atoms with Crippen molar-refractivity contribution in [3.05, 3.63) is 126 Å². The van der Waals surface area contributed by atoms with Gasteiger partial charge < -0.3 is 20.1 Å². The lowest BCUT2D eigenvalue weighted by molar-refractivity contribution is -0.102. The van der Waals surface area contributed by atoms with Crippen molar-refractivity contribution in [1.82, 2.24) is 40.3 Å². The number of fused-ring (bicyclic) bond motifs is 2. The maximum Gasteiger partial charge on any atom is 0.252 e. The first-order chi connectivity index (χ1) is 26.9. The molecule has 0 saturated heterocycles. The van der Waals surface area contributed by atoms with Gasteiger partial charge in [0, 0.05) is 46.9 Å². The van der Waals surface area contributed by atoms with Crippen LogP contribution in [-0.2, 0) is 4.79 Å². The van der Waals surface area contributed by atoms with Gasteiger partial charge in [-0.1, -0.05) is 30.3 Å². The van der Waals surface area contributed by atoms with Gasteiger partial charge in [-0.3, -0.25) is 24.7 Å². The van der Waals surface area contributed by atoms with E-state index in [1.54, 1.807) is 29.3 Å². The van der Waals surface area contributed by atoms with Gasteiger partial charge in [-0.25, -0.2) is 24.9 Å². The number of anilines is 4. The number of carbonyl (C=O) groups is 2. The highest BCUT2D eigenvalue weighted by Crippen LogP contribution is 2.40. The highest BCUT2D eigenvalue weighted by atomic mass is 16.5. The summed E-state index contributed by atoms with van der Waals surface area (Å²) in [6.07, 6.45) is 3.48. The standard InChI is InChI=1S/C20H20N6O2.C19H16N6O2/c1-3-28-16-9-6-10-21-20(16)26-18(12-27)22-15-8-5-4-7-14(15)19(26)23-17-11-13(2)24-25-17;1-11-10-15(25-24-11)22-18-12-6-3-4-7-13(12)21-19(23-18)17(26)16-14(27-2)8-5-9-20-16/h4-12,19H,3H2,1-2H3,(H2,23,24,25);3-10H,1-2H3,(H2,21,22,23,24,25). The Kier molecular flexibility index (Phi) is 10.5. The topological polar surface area (TPSA) is 201 Å². The summed E-state index contributed by atoms with van der Waals surface area (Å²) in [7, 11) is 1.49. The van der Waals surface area contributed by atoms with Crippen LogP contribution in [0, 0.1) is 13.8 Å². The molecule has 6 heterocycles. The number of nitrogens with zero attached hydrogens (tertiary/aromatic N) is 8. The molecule has 276 valence electrons. The number of aryl methyl sites for hydroxylation is 2. The van der Waals surface area contributed by atoms with E-state index >= 15 is 0 Å². The van der Waals surface area contributed by atoms with Crippen molar-refractivity contribution in [3.8, 4) is 11.5 Å². The van der Waals surface area contributed by atoms with E-state index in [2.05, 4.69) is 56.0 Å². The Morgan fingerprint density at radius 1 is 0.873 bits per heavy atom. The van der Waals surface area contributed by atoms with Gasteiger partial charge in [-0.05, 0) is 63.2 Å². The van der Waals surface area contributed by atoms with Gasteiger partial charge in [0.2, 0.25) is 5.82 Å². The van der Waals surface area contributed by atoms with E-state index in [1.807, 2.05) is 87.5 Å². The second-order valence-corrected chi connectivity index (χ2v) is 12.1. The molecule has 0 fully saturated rings. The molecule has 4 N–H and O–H groups in total. The number of methoxy groups -OCH3 is 1. The zero-order chi connectivity index (χ0) is 38.3. The molecule has 0 saturated carbocycles. The number of H-pyrrole nitrogens is 2. The number of aliphatic imine (C=N–C) groups is 1. The monoisotopic (exact) mass is 736 g/mol. The van der Waals surface area contributed by atoms with Gasteiger partial charge in [0.1, 0.15) is 23.6 Å². The molecule has 16 nitrogen and oxygen atoms in total. The average molecular weight is 737 g/mol. The number of aromatic amines is 2. The summed E-state index contributed by atoms with van der Waals surface area (Å²) in [5, 5.41) is 21.5. The van der Waals surface area contributed by atoms with Crippen molar-refractivity contribution in [3.63, 3.8) is 0 Å². The Labute approximate surface area is 315 Å². The minimum Gasteiger partial charge on any atom is -0.494 e. The molecule has 0 radical (unpaired) electrons. The average Bonchev–Trinajstić information content (AvgIpc) is 3.84. The Balaban J connectivity index is 0.000000169. The smallest absolute Gasteiger partial charge is 0.252 e. The van der Waals surface area contributed by atoms with E-state index in [9.17, 15) is 9.59 Å². The molecule has 16 heteroatoms. The Hall–Kier alpha value is -7.49. The summed E-state index contributed by atoms with van der Waals surface area (Å²) < 4.78 is 11.0. The number of amidine groups is 1. The number of hydrogen-bond acceptors (Lipinski definition) is 14. The zero-order valence-corrected chi connectivity index (χ0v) is 30.3. The fourth-order valence-electron chi connectivity index (χ4n) is 5.90. The lowest BCUT2D eigenvalue weighted by Gasteiger charge is -2.36. The Morgan fingerprint density at radius 3 is 2.31 bits per heavy atom. The molecule has 5 aromatic heterocycles. The molecule has 55 heavy (non-hydrogen) atoms. The molecule has 1 atom stereocenters. The summed E-state index contributed by atoms with van der Waals surface area (Å²) in [5.74, 6) is 3.05. The molecule has 0 bridgehead atoms. The normalized spacial score (nSPS) is 13.2. The van der Waals surface area contributed by atoms with E-state index in [0.717, 1.165) is 34.3 Å². The van der Waals surface area contributed by atoms with Crippen molar-refractivity contribution < 1.29 is 19.1 Å². The van der Waals surface area contributed by atoms with Crippen LogP contribution in [0.4, 0.5) is 29.0 Å². The van der Waals surface area contributed by atoms with Crippen LogP contribution in [-0.4, -0.2) is 72.0 Å². The van der Waals surface area contributed by atoms with Gasteiger partial charge in [0.15, 0.2) is 35.2 Å². The van der Waals surface area contributed by atoms with Gasteiger partial charge in [-0.2, -0.15) is 10.2 Å². The summed E-state index contributed by atoms with van der Waals surface area (Å²) in [6.45, 7) is 6.21. The first-order valence-corrected chi connectivity index (χ1v) is 17.2. The molecule has 0 spiro atoms. The minimum atomic E-state index is -0.439. The van der Waals surface area contributed by atoms with Crippen molar-refractivity contribution >= 4 is 57.8 Å². The zero-order valence-electron chi connectivity index (χ0n) is 30.3. The predicted octanol–water partition coefficient (Wildman–Crippen LogP) is 6.41. The van der Waals surface area contributed by atoms with Crippen molar-refractivity contribution in [2.45, 2.75) is 26.9 Å². The first kappa shape index (κ1) is 35.9. The molecule has 1 aliphatic rings. The molecule has 2 aromatic carbocycles. The largest absolute Gasteiger partial charge is 0.494 e. The molecular weight excluding hydrogens is 701 g/mol. The highest BCUT2D eigenvalue weighted by molar-refractivity contribution is 6.35. The molecular formula is C39H36N12O4. The third kappa shape index (κ3) is 7.68. The van der Waals surface area contributed by atoms with Crippen LogP contribution in [0.5, 0.6) is 11.5 Å². The fourth-order valence-corrected chi connectivity index (χ4v) is 5.90. The summed E-state index contributed by atoms with van der Waals surface area (Å²) >= 11 is 0. The highest BCUT2D eigenvalue weighted by Gasteiger charge is 2.34. The third-order valence-corrected chi connectivity index (χ3v) is 8.31. The molecule has 1 unspecified atom stereocenters. The number of pyridine rings is 2. The maximum atomic E-state index is 13.0. The number of ether oxygens (including phenoxy) is 2. The number of aromatic nitrogens is 8. The molecule has 0 aliphatic carbocycles. The van der Waals surface area contributed by atoms with Crippen LogP contribution in [0.15, 0.2) is 102 Å². The maximum absolute atomic E-state index is 13.0. The van der Waals surface area contributed by atoms with E-state index in [0.29, 0.717) is 46.9 Å². The second kappa shape index (κ2) is 16.0. The van der Waals surface area contributed by atoms with Crippen LogP contribution >= 0.6 is 0 Å². The summed E-state index contributed by atoms with van der Waals surface area (Å²) in [5.41, 5.74) is 4.26. The molecule has 0 amide bonds. The number of carbonyl (C=O) groups excluding carboxylic acids is 2. The summed E-state index contributed by atoms with van der Waals surface area (Å²) in [6, 6.07) is 25.9. The molecule has 1 aliphatic heterocycles. The quantitative estimate of drug-likeness (QED) is 0.0839. The van der Waals surface area contributed by atoms with Gasteiger partial charge in [-0.15, -0.1) is 0 Å². The van der Waals surface area contributed by atoms with Crippen LogP contribution in [0.1, 0.15) is 46.4 Å². The number of rotatable bonds is 11. The Bertz CT molecular complexity index is 2510. The van der Waals surface area contributed by atoms with Gasteiger partial charge in [0.05, 0.1) is 24.9 Å². The van der Waals surface area contributed by atoms with Crippen molar-refractivity contribution in [2.24, 2.45) is 4.99 Å². The number of hydrogen-bond donors (Lipinski definition) is 4. The number of benzene rings is 2. The number of aldehydes is 1. The van der Waals surface area contributed by atoms with E-state index < -0.39 is 11.9 Å². The van der Waals surface area contributed by atoms with Crippen LogP contribution < -0.4 is 25.0 Å². The SMILES string of the molecule is CCOc1cccnc1N1C(C=O)=Nc2ccccc2C1Nc1cc(C)[nH]n1.COc1cccnc1C(=O)c1nc(Nc2cc(C)[nH]n2)c2ccccc2n1. The summed E-state index contributed by atoms with van der Waals surface area (Å²) in [4.78, 5) is 48.6. The minimum absolute atomic E-state index is 0.0282. The Morgan fingerprint density at radius 2 is 1.58 bits per heavy atom. The van der Waals surface area contributed by atoms with Crippen LogP contribution in [0.3, 0.4) is 0 Å². The fraction of sp³-hybridized carbons (Fsp3) is 0.154. The lowest BCUT2D eigenvalue weighted by atomic mass is 10.1. The van der Waals surface area contributed by atoms with E-state index in [1.165, 1.54) is 13.3 Å². The van der Waals surface area contributed by atoms with Gasteiger partial charge in [0.25, 0.3) is 5.78 Å². The predicted molar refractivity (Wildman–Crippen MR) is 208 cm³/mol. The number of para-hydroxylation sites is 2. The molecule has 8 rings (SSSR count). The number of ketones is 1. The number of nitrogens with one attached hydrogen (secondary N) is 4. The van der Waals surface area contributed by atoms with Crippen LogP contribution in [0.2, 0.25) is 0 Å². The van der Waals surface area contributed by atoms with Crippen molar-refractivity contribution in [2.75, 3.05) is 29.3 Å². The van der Waals surface area contributed by atoms with Crippen LogP contribution in [0.25, 0.3) is 10.9 Å². The molecule has 7 aromatic rings. The van der Waals surface area contributed by atoms with E-state index in [-0.39, 0.29) is 17.4 Å². The lowest BCUT2D eigenvalue weighted by Crippen LogP contribution is -2.42. The van der Waals surface area contributed by atoms with Gasteiger partial charge >= 0.3 is 0 Å². The van der Waals surface area contributed by atoms with Crippen molar-refractivity contribution in [1.29, 1.82) is 0 Å².